The van der Waals surface area contributed by atoms with Gasteiger partial charge >= 0.3 is 0 Å². The zero-order valence-electron chi connectivity index (χ0n) is 29.2. The van der Waals surface area contributed by atoms with Crippen LogP contribution in [0.15, 0.2) is 188 Å². The Morgan fingerprint density at radius 3 is 2.11 bits per heavy atom. The van der Waals surface area contributed by atoms with Crippen molar-refractivity contribution in [1.29, 1.82) is 0 Å². The first kappa shape index (κ1) is 32.0. The maximum Gasteiger partial charge on any atom is 0.157 e. The first-order valence-electron chi connectivity index (χ1n) is 17.8. The van der Waals surface area contributed by atoms with Crippen LogP contribution in [0.2, 0.25) is 0 Å². The molecule has 0 fully saturated rings. The normalized spacial score (nSPS) is 13.0. The number of fused-ring (bicyclic) bond motifs is 7. The number of hydrogen-bond donors (Lipinski definition) is 1. The number of allylic oxidation sites excluding steroid dienone is 1. The second-order valence-electron chi connectivity index (χ2n) is 13.0. The number of aliphatic imine (C=N–C) groups is 2. The highest BCUT2D eigenvalue weighted by molar-refractivity contribution is 6.22. The third kappa shape index (κ3) is 5.98. The quantitative estimate of drug-likeness (QED) is 0.103. The number of benzene rings is 7. The molecule has 0 spiro atoms. The summed E-state index contributed by atoms with van der Waals surface area (Å²) >= 11 is 0. The molecular formula is C48H35N3O2. The van der Waals surface area contributed by atoms with Crippen molar-refractivity contribution in [2.75, 3.05) is 6.54 Å². The molecule has 0 aliphatic carbocycles. The predicted octanol–water partition coefficient (Wildman–Crippen LogP) is 12.1. The second-order valence-corrected chi connectivity index (χ2v) is 13.0. The van der Waals surface area contributed by atoms with E-state index < -0.39 is 0 Å². The third-order valence-electron chi connectivity index (χ3n) is 9.80. The summed E-state index contributed by atoms with van der Waals surface area (Å²) in [7, 11) is 0. The van der Waals surface area contributed by atoms with Crippen molar-refractivity contribution < 1.29 is 8.83 Å². The maximum atomic E-state index is 6.99. The van der Waals surface area contributed by atoms with E-state index in [9.17, 15) is 0 Å². The Labute approximate surface area is 306 Å². The molecule has 5 nitrogen and oxygen atoms in total. The van der Waals surface area contributed by atoms with E-state index in [1.807, 2.05) is 73.7 Å². The van der Waals surface area contributed by atoms with Gasteiger partial charge in [-0.3, -0.25) is 4.99 Å². The van der Waals surface area contributed by atoms with E-state index in [0.717, 1.165) is 88.0 Å². The number of amidine groups is 2. The standard InChI is InChI=1S/C48H35N3O2/c1-2-31(25-26-32-13-4-3-5-14-32)30-50-48(35-28-27-33-15-6-7-16-34(33)29-35)51-47(49)41-22-12-24-43-44(41)40-21-11-20-39(46(40)53-43)38-19-10-18-37-36-17-8-9-23-42(36)52-45(37)38/h2-29H,30H2,1H3,(H2,49,50,51)/b26-25-,31-2+. The molecule has 254 valence electrons. The number of hydrogen-bond acceptors (Lipinski definition) is 3. The summed E-state index contributed by atoms with van der Waals surface area (Å²) < 4.78 is 13.1. The summed E-state index contributed by atoms with van der Waals surface area (Å²) in [6, 6.07) is 51.4. The van der Waals surface area contributed by atoms with E-state index in [-0.39, 0.29) is 0 Å². The Morgan fingerprint density at radius 1 is 0.623 bits per heavy atom. The van der Waals surface area contributed by atoms with Crippen molar-refractivity contribution in [2.24, 2.45) is 15.7 Å². The van der Waals surface area contributed by atoms with Crippen LogP contribution in [0.4, 0.5) is 0 Å². The molecule has 0 aliphatic heterocycles. The Balaban J connectivity index is 1.16. The van der Waals surface area contributed by atoms with E-state index in [0.29, 0.717) is 18.2 Å². The first-order chi connectivity index (χ1) is 26.1. The minimum absolute atomic E-state index is 0.358. The van der Waals surface area contributed by atoms with Crippen molar-refractivity contribution in [3.05, 3.63) is 186 Å². The highest BCUT2D eigenvalue weighted by Gasteiger charge is 2.20. The smallest absolute Gasteiger partial charge is 0.157 e. The first-order valence-corrected chi connectivity index (χ1v) is 17.8. The van der Waals surface area contributed by atoms with E-state index in [1.54, 1.807) is 0 Å². The molecule has 0 amide bonds. The van der Waals surface area contributed by atoms with Gasteiger partial charge in [-0.05, 0) is 47.0 Å². The summed E-state index contributed by atoms with van der Waals surface area (Å²) in [6.07, 6.45) is 6.29. The lowest BCUT2D eigenvalue weighted by molar-refractivity contribution is 0.665. The van der Waals surface area contributed by atoms with E-state index in [4.69, 9.17) is 24.6 Å². The van der Waals surface area contributed by atoms with Gasteiger partial charge in [-0.2, -0.15) is 0 Å². The topological polar surface area (TPSA) is 77.0 Å². The zero-order valence-corrected chi connectivity index (χ0v) is 29.2. The minimum Gasteiger partial charge on any atom is -0.455 e. The molecule has 2 heterocycles. The Hall–Kier alpha value is -6.98. The van der Waals surface area contributed by atoms with Crippen molar-refractivity contribution >= 4 is 72.4 Å². The minimum atomic E-state index is 0.358. The molecule has 0 atom stereocenters. The van der Waals surface area contributed by atoms with Crippen LogP contribution in [0.25, 0.3) is 71.9 Å². The molecule has 7 aromatic carbocycles. The van der Waals surface area contributed by atoms with E-state index in [1.165, 1.54) is 0 Å². The largest absolute Gasteiger partial charge is 0.455 e. The molecule has 9 rings (SSSR count). The van der Waals surface area contributed by atoms with E-state index in [2.05, 4.69) is 103 Å². The summed E-state index contributed by atoms with van der Waals surface area (Å²) in [5.74, 6) is 0.916. The highest BCUT2D eigenvalue weighted by Crippen LogP contribution is 2.41. The summed E-state index contributed by atoms with van der Waals surface area (Å²) in [5, 5.41) is 6.27. The Bertz CT molecular complexity index is 2940. The third-order valence-corrected chi connectivity index (χ3v) is 9.80. The van der Waals surface area contributed by atoms with Crippen molar-refractivity contribution in [3.8, 4) is 11.1 Å². The molecule has 9 aromatic rings. The molecule has 2 aromatic heterocycles. The van der Waals surface area contributed by atoms with Crippen LogP contribution in [0.3, 0.4) is 0 Å². The van der Waals surface area contributed by atoms with Crippen LogP contribution >= 0.6 is 0 Å². The van der Waals surface area contributed by atoms with Gasteiger partial charge in [0.15, 0.2) is 5.84 Å². The van der Waals surface area contributed by atoms with Crippen LogP contribution < -0.4 is 5.73 Å². The summed E-state index contributed by atoms with van der Waals surface area (Å²) in [4.78, 5) is 10.1. The average molecular weight is 686 g/mol. The molecule has 0 bridgehead atoms. The maximum absolute atomic E-state index is 6.99. The number of nitrogens with two attached hydrogens (primary N) is 1. The van der Waals surface area contributed by atoms with Gasteiger partial charge in [0, 0.05) is 43.8 Å². The van der Waals surface area contributed by atoms with Gasteiger partial charge in [-0.1, -0.05) is 152 Å². The lowest BCUT2D eigenvalue weighted by Crippen LogP contribution is -2.17. The Morgan fingerprint density at radius 2 is 1.28 bits per heavy atom. The molecule has 2 N–H and O–H groups in total. The fraction of sp³-hybridized carbons (Fsp3) is 0.0417. The number of para-hydroxylation sites is 3. The van der Waals surface area contributed by atoms with Gasteiger partial charge in [0.05, 0.1) is 6.54 Å². The molecule has 5 heteroatoms. The van der Waals surface area contributed by atoms with Gasteiger partial charge in [0.1, 0.15) is 28.2 Å². The zero-order chi connectivity index (χ0) is 35.7. The van der Waals surface area contributed by atoms with E-state index >= 15 is 0 Å². The fourth-order valence-electron chi connectivity index (χ4n) is 7.10. The monoisotopic (exact) mass is 685 g/mol. The molecule has 53 heavy (non-hydrogen) atoms. The average Bonchev–Trinajstić information content (AvgIpc) is 3.79. The van der Waals surface area contributed by atoms with Crippen molar-refractivity contribution in [3.63, 3.8) is 0 Å². The predicted molar refractivity (Wildman–Crippen MR) is 222 cm³/mol. The van der Waals surface area contributed by atoms with Crippen molar-refractivity contribution in [1.82, 2.24) is 0 Å². The van der Waals surface area contributed by atoms with Crippen LogP contribution in [0.5, 0.6) is 0 Å². The number of nitrogens with zero attached hydrogens (tertiary/aromatic N) is 2. The number of rotatable bonds is 7. The molecule has 0 radical (unpaired) electrons. The molecular weight excluding hydrogens is 651 g/mol. The van der Waals surface area contributed by atoms with Gasteiger partial charge in [-0.15, -0.1) is 0 Å². The highest BCUT2D eigenvalue weighted by atomic mass is 16.3. The molecule has 0 saturated carbocycles. The lowest BCUT2D eigenvalue weighted by atomic mass is 9.98. The van der Waals surface area contributed by atoms with Crippen LogP contribution in [0.1, 0.15) is 23.6 Å². The summed E-state index contributed by atoms with van der Waals surface area (Å²) in [5.41, 5.74) is 16.0. The summed E-state index contributed by atoms with van der Waals surface area (Å²) in [6.45, 7) is 2.47. The lowest BCUT2D eigenvalue weighted by Gasteiger charge is -2.08. The van der Waals surface area contributed by atoms with Gasteiger partial charge in [0.2, 0.25) is 0 Å². The molecule has 0 saturated heterocycles. The second kappa shape index (κ2) is 13.6. The SMILES string of the molecule is C/C=C(\C=C/c1ccccc1)C/N=C(\N=C(/N)c1cccc2oc3c(-c4cccc5c4oc4ccccc45)cccc3c12)c1ccc2ccccc2c1. The van der Waals surface area contributed by atoms with Gasteiger partial charge in [-0.25, -0.2) is 4.99 Å². The molecule has 0 unspecified atom stereocenters. The van der Waals surface area contributed by atoms with Gasteiger partial charge < -0.3 is 14.6 Å². The van der Waals surface area contributed by atoms with Crippen molar-refractivity contribution in [2.45, 2.75) is 6.92 Å². The Kier molecular flexibility index (Phi) is 8.22. The molecule has 0 aliphatic rings. The fourth-order valence-corrected chi connectivity index (χ4v) is 7.10. The van der Waals surface area contributed by atoms with Crippen LogP contribution in [-0.4, -0.2) is 18.2 Å². The van der Waals surface area contributed by atoms with Gasteiger partial charge in [0.25, 0.3) is 0 Å². The van der Waals surface area contributed by atoms with Crippen LogP contribution in [0, 0.1) is 0 Å². The van der Waals surface area contributed by atoms with Crippen LogP contribution in [-0.2, 0) is 0 Å². The number of furan rings is 2.